The second-order valence-corrected chi connectivity index (χ2v) is 11.7. The number of carbonyl (C=O) groups excluding carboxylic acids is 3. The molecule has 2 aromatic heterocycles. The second kappa shape index (κ2) is 11.7. The van der Waals surface area contributed by atoms with Crippen molar-refractivity contribution in [2.24, 2.45) is 12.2 Å². The number of carboxylic acid groups (broad SMARTS) is 1. The second-order valence-electron chi connectivity index (χ2n) is 9.05. The topological polar surface area (TPSA) is 204 Å². The number of nitrogens with zero attached hydrogens (tertiary/aromatic N) is 8. The Labute approximate surface area is 233 Å². The molecule has 2 N–H and O–H groups in total. The van der Waals surface area contributed by atoms with Gasteiger partial charge in [0, 0.05) is 18.6 Å². The first kappa shape index (κ1) is 28.4. The maximum atomic E-state index is 13.1. The fourth-order valence-electron chi connectivity index (χ4n) is 3.48. The van der Waals surface area contributed by atoms with E-state index in [0.717, 1.165) is 16.4 Å². The number of fused-ring (bicyclic) bond motifs is 1. The molecule has 39 heavy (non-hydrogen) atoms. The molecule has 208 valence electrons. The van der Waals surface area contributed by atoms with E-state index in [4.69, 9.17) is 9.57 Å². The van der Waals surface area contributed by atoms with Crippen molar-refractivity contribution in [1.82, 2.24) is 39.8 Å². The van der Waals surface area contributed by atoms with Crippen molar-refractivity contribution in [3.8, 4) is 0 Å². The molecule has 0 radical (unpaired) electrons. The van der Waals surface area contributed by atoms with Crippen LogP contribution in [0.3, 0.4) is 0 Å². The molecule has 2 atom stereocenters. The van der Waals surface area contributed by atoms with Crippen molar-refractivity contribution in [3.63, 3.8) is 0 Å². The fraction of sp³-hybridized carbons (Fsp3) is 0.500. The number of oxime groups is 1. The van der Waals surface area contributed by atoms with Gasteiger partial charge >= 0.3 is 11.9 Å². The van der Waals surface area contributed by atoms with E-state index in [0.29, 0.717) is 16.5 Å². The van der Waals surface area contributed by atoms with Crippen LogP contribution in [0.2, 0.25) is 0 Å². The number of amides is 2. The highest BCUT2D eigenvalue weighted by molar-refractivity contribution is 8.01. The van der Waals surface area contributed by atoms with Crippen LogP contribution in [0.5, 0.6) is 0 Å². The van der Waals surface area contributed by atoms with Crippen molar-refractivity contribution in [1.29, 1.82) is 0 Å². The van der Waals surface area contributed by atoms with Crippen LogP contribution in [-0.2, 0) is 35.8 Å². The van der Waals surface area contributed by atoms with Gasteiger partial charge in [0.2, 0.25) is 23.3 Å². The van der Waals surface area contributed by atoms with Gasteiger partial charge in [-0.1, -0.05) is 16.9 Å². The minimum absolute atomic E-state index is 0.0645. The monoisotopic (exact) mass is 597 g/mol. The number of ether oxygens (including phenoxy) is 1. The Balaban J connectivity index is 1.44. The third kappa shape index (κ3) is 6.53. The quantitative estimate of drug-likeness (QED) is 0.118. The van der Waals surface area contributed by atoms with E-state index in [-0.39, 0.29) is 23.0 Å². The summed E-state index contributed by atoms with van der Waals surface area (Å²) in [5.41, 5.74) is 0.686. The van der Waals surface area contributed by atoms with Crippen LogP contribution < -0.4 is 5.32 Å². The molecule has 0 spiro atoms. The average Bonchev–Trinajstić information content (AvgIpc) is 3.53. The summed E-state index contributed by atoms with van der Waals surface area (Å²) in [7, 11) is 1.66. The molecule has 16 nitrogen and oxygen atoms in total. The predicted molar refractivity (Wildman–Crippen MR) is 137 cm³/mol. The summed E-state index contributed by atoms with van der Waals surface area (Å²) in [6.45, 7) is 4.51. The van der Waals surface area contributed by atoms with Gasteiger partial charge in [0.1, 0.15) is 28.2 Å². The zero-order chi connectivity index (χ0) is 28.3. The number of nitrogens with one attached hydrogen (secondary N) is 1. The van der Waals surface area contributed by atoms with Gasteiger partial charge in [0.25, 0.3) is 11.8 Å². The standard InChI is InChI=1S/C20H23N9O7S3/c1-20(2,3)36-10(30)5-35-24-11(14-21-8-39-25-14)15(31)22-12-16(32)29-13(18(33)34)9(6-37-17(12)29)7-38-19-23-26-27-28(19)4/h8,12,17H,5-7H2,1-4H3,(H,22,31)(H,33,34)/t12?,17-/m1/s1. The first-order valence-electron chi connectivity index (χ1n) is 11.2. The number of carboxylic acids is 1. The van der Waals surface area contributed by atoms with Crippen LogP contribution in [-0.4, -0.2) is 104 Å². The van der Waals surface area contributed by atoms with Gasteiger partial charge in [-0.25, -0.2) is 19.3 Å². The van der Waals surface area contributed by atoms with Crippen LogP contribution in [0.1, 0.15) is 26.6 Å². The molecule has 1 fully saturated rings. The third-order valence-electron chi connectivity index (χ3n) is 5.04. The van der Waals surface area contributed by atoms with Crippen molar-refractivity contribution in [3.05, 3.63) is 22.6 Å². The number of aryl methyl sites for hydroxylation is 1. The lowest BCUT2D eigenvalue weighted by molar-refractivity contribution is -0.160. The number of hydrogen-bond donors (Lipinski definition) is 2. The lowest BCUT2D eigenvalue weighted by Gasteiger charge is -2.49. The molecule has 1 saturated heterocycles. The van der Waals surface area contributed by atoms with Gasteiger partial charge in [0.15, 0.2) is 0 Å². The smallest absolute Gasteiger partial charge is 0.352 e. The summed E-state index contributed by atoms with van der Waals surface area (Å²) in [6, 6.07) is -1.02. The molecular formula is C20H23N9O7S3. The lowest BCUT2D eigenvalue weighted by Crippen LogP contribution is -2.71. The van der Waals surface area contributed by atoms with E-state index in [1.807, 2.05) is 0 Å². The Kier molecular flexibility index (Phi) is 8.50. The van der Waals surface area contributed by atoms with Crippen molar-refractivity contribution < 1.29 is 33.9 Å². The lowest BCUT2D eigenvalue weighted by atomic mass is 10.0. The molecule has 0 aromatic carbocycles. The largest absolute Gasteiger partial charge is 0.477 e. The number of aromatic nitrogens is 6. The van der Waals surface area contributed by atoms with Crippen LogP contribution >= 0.6 is 35.1 Å². The van der Waals surface area contributed by atoms with Gasteiger partial charge in [-0.15, -0.1) is 16.9 Å². The molecule has 2 aromatic rings. The first-order valence-corrected chi connectivity index (χ1v) is 14.1. The summed E-state index contributed by atoms with van der Waals surface area (Å²) in [5.74, 6) is -2.86. The molecule has 19 heteroatoms. The highest BCUT2D eigenvalue weighted by atomic mass is 32.2. The zero-order valence-corrected chi connectivity index (χ0v) is 23.5. The number of esters is 1. The third-order valence-corrected chi connectivity index (χ3v) is 7.95. The normalized spacial score (nSPS) is 19.3. The van der Waals surface area contributed by atoms with Crippen LogP contribution in [0.15, 0.2) is 27.1 Å². The summed E-state index contributed by atoms with van der Waals surface area (Å²) >= 11 is 3.52. The van der Waals surface area contributed by atoms with E-state index < -0.39 is 47.4 Å². The highest BCUT2D eigenvalue weighted by Crippen LogP contribution is 2.41. The van der Waals surface area contributed by atoms with Crippen molar-refractivity contribution in [2.75, 3.05) is 18.1 Å². The Morgan fingerprint density at radius 2 is 2.10 bits per heavy atom. The summed E-state index contributed by atoms with van der Waals surface area (Å²) < 4.78 is 10.6. The number of hydrogen-bond acceptors (Lipinski definition) is 15. The number of rotatable bonds is 10. The molecule has 2 aliphatic rings. The first-order chi connectivity index (χ1) is 18.5. The van der Waals surface area contributed by atoms with Crippen LogP contribution in [0, 0.1) is 0 Å². The van der Waals surface area contributed by atoms with Gasteiger partial charge in [-0.3, -0.25) is 14.5 Å². The summed E-state index contributed by atoms with van der Waals surface area (Å²) in [4.78, 5) is 60.2. The Morgan fingerprint density at radius 1 is 1.33 bits per heavy atom. The van der Waals surface area contributed by atoms with E-state index in [1.54, 1.807) is 27.8 Å². The molecule has 0 saturated carbocycles. The molecule has 4 heterocycles. The van der Waals surface area contributed by atoms with Crippen molar-refractivity contribution in [2.45, 2.75) is 42.9 Å². The van der Waals surface area contributed by atoms with E-state index in [1.165, 1.54) is 33.7 Å². The van der Waals surface area contributed by atoms with Gasteiger partial charge in [-0.05, 0) is 48.3 Å². The minimum Gasteiger partial charge on any atom is -0.477 e. The number of tetrazole rings is 1. The molecule has 0 bridgehead atoms. The maximum Gasteiger partial charge on any atom is 0.352 e. The van der Waals surface area contributed by atoms with Gasteiger partial charge in [-0.2, -0.15) is 4.37 Å². The van der Waals surface area contributed by atoms with Gasteiger partial charge in [0.05, 0.1) is 0 Å². The van der Waals surface area contributed by atoms with Crippen LogP contribution in [0.4, 0.5) is 0 Å². The Bertz CT molecular complexity index is 1340. The molecular weight excluding hydrogens is 574 g/mol. The Hall–Kier alpha value is -3.58. The number of β-lactam (4-membered cyclic amide) rings is 1. The maximum absolute atomic E-state index is 13.1. The number of aliphatic carboxylic acids is 1. The average molecular weight is 598 g/mol. The SMILES string of the molecule is Cn1nnnc1SCC1=C(C(=O)O)N2C(=O)C(NC(=O)C(=NOCC(=O)OC(C)(C)C)c3ncsn3)[C@H]2SC1. The zero-order valence-electron chi connectivity index (χ0n) is 21.1. The Morgan fingerprint density at radius 3 is 2.72 bits per heavy atom. The summed E-state index contributed by atoms with van der Waals surface area (Å²) in [5, 5.41) is 27.1. The molecule has 0 aliphatic carbocycles. The number of thioether (sulfide) groups is 2. The van der Waals surface area contributed by atoms with E-state index >= 15 is 0 Å². The molecule has 4 rings (SSSR count). The molecule has 2 aliphatic heterocycles. The van der Waals surface area contributed by atoms with E-state index in [9.17, 15) is 24.3 Å². The predicted octanol–water partition coefficient (Wildman–Crippen LogP) is -0.345. The fourth-order valence-corrected chi connectivity index (χ4v) is 6.24. The van der Waals surface area contributed by atoms with E-state index in [2.05, 4.69) is 35.4 Å². The van der Waals surface area contributed by atoms with Gasteiger partial charge < -0.3 is 20.0 Å². The minimum atomic E-state index is -1.26. The molecule has 1 unspecified atom stereocenters. The molecule has 2 amide bonds. The number of carbonyl (C=O) groups is 4. The van der Waals surface area contributed by atoms with Crippen molar-refractivity contribution >= 4 is 64.5 Å². The summed E-state index contributed by atoms with van der Waals surface area (Å²) in [6.07, 6.45) is 0. The highest BCUT2D eigenvalue weighted by Gasteiger charge is 2.54. The van der Waals surface area contributed by atoms with Crippen LogP contribution in [0.25, 0.3) is 0 Å².